The van der Waals surface area contributed by atoms with E-state index in [1.807, 2.05) is 55.5 Å². The number of rotatable bonds is 7. The van der Waals surface area contributed by atoms with Gasteiger partial charge in [-0.05, 0) is 63.5 Å². The Kier molecular flexibility index (Phi) is 7.05. The number of benzene rings is 4. The zero-order valence-electron chi connectivity index (χ0n) is 18.3. The van der Waals surface area contributed by atoms with Gasteiger partial charge in [-0.25, -0.2) is 5.43 Å². The Bertz CT molecular complexity index is 1330. The molecular weight excluding hydrogens is 480 g/mol. The van der Waals surface area contributed by atoms with Crippen molar-refractivity contribution in [2.75, 3.05) is 7.11 Å². The van der Waals surface area contributed by atoms with Gasteiger partial charge in [-0.1, -0.05) is 60.2 Å². The zero-order chi connectivity index (χ0) is 23.2. The topological polar surface area (TPSA) is 59.9 Å². The zero-order valence-corrected chi connectivity index (χ0v) is 19.9. The van der Waals surface area contributed by atoms with Crippen LogP contribution in [0.25, 0.3) is 10.8 Å². The first-order valence-corrected chi connectivity index (χ1v) is 11.2. The average Bonchev–Trinajstić information content (AvgIpc) is 2.83. The quantitative estimate of drug-likeness (QED) is 0.239. The minimum Gasteiger partial charge on any atom is -0.493 e. The van der Waals surface area contributed by atoms with Crippen molar-refractivity contribution in [1.29, 1.82) is 0 Å². The summed E-state index contributed by atoms with van der Waals surface area (Å²) >= 11 is 3.56. The van der Waals surface area contributed by atoms with Gasteiger partial charge < -0.3 is 9.47 Å². The van der Waals surface area contributed by atoms with Crippen molar-refractivity contribution >= 4 is 38.8 Å². The number of fused-ring (bicyclic) bond motifs is 1. The molecule has 166 valence electrons. The molecule has 4 aromatic carbocycles. The largest absolute Gasteiger partial charge is 0.493 e. The van der Waals surface area contributed by atoms with Crippen molar-refractivity contribution in [2.45, 2.75) is 13.5 Å². The molecule has 0 atom stereocenters. The fourth-order valence-electron chi connectivity index (χ4n) is 3.51. The molecule has 0 radical (unpaired) electrons. The van der Waals surface area contributed by atoms with Crippen LogP contribution >= 0.6 is 15.9 Å². The normalized spacial score (nSPS) is 11.0. The maximum atomic E-state index is 12.3. The van der Waals surface area contributed by atoms with Gasteiger partial charge >= 0.3 is 0 Å². The number of aryl methyl sites for hydroxylation is 1. The van der Waals surface area contributed by atoms with Crippen LogP contribution in [0.3, 0.4) is 0 Å². The van der Waals surface area contributed by atoms with Gasteiger partial charge in [0.25, 0.3) is 5.91 Å². The van der Waals surface area contributed by atoms with Crippen molar-refractivity contribution in [1.82, 2.24) is 5.43 Å². The summed E-state index contributed by atoms with van der Waals surface area (Å²) in [5.41, 5.74) is 5.96. The standard InChI is InChI=1S/C27H23BrN2O3/c1-18-7-5-10-20(13-18)27(31)30-29-16-22-14-25(32-2)26(15-24(22)28)33-17-21-11-6-9-19-8-3-4-12-23(19)21/h3-16H,17H2,1-2H3,(H,30,31)/b29-16+. The Morgan fingerprint density at radius 2 is 1.79 bits per heavy atom. The number of hydrazone groups is 1. The average molecular weight is 503 g/mol. The van der Waals surface area contributed by atoms with Crippen LogP contribution in [-0.2, 0) is 6.61 Å². The van der Waals surface area contributed by atoms with Gasteiger partial charge in [0, 0.05) is 15.6 Å². The molecule has 0 aliphatic rings. The molecule has 0 saturated carbocycles. The SMILES string of the molecule is COc1cc(/C=N/NC(=O)c2cccc(C)c2)c(Br)cc1OCc1cccc2ccccc12. The summed E-state index contributed by atoms with van der Waals surface area (Å²) < 4.78 is 12.4. The van der Waals surface area contributed by atoms with Gasteiger partial charge in [0.2, 0.25) is 0 Å². The summed E-state index contributed by atoms with van der Waals surface area (Å²) in [7, 11) is 1.59. The first kappa shape index (κ1) is 22.6. The van der Waals surface area contributed by atoms with Crippen molar-refractivity contribution in [3.8, 4) is 11.5 Å². The molecule has 0 spiro atoms. The minimum absolute atomic E-state index is 0.270. The van der Waals surface area contributed by atoms with Gasteiger partial charge in [0.05, 0.1) is 13.3 Å². The molecule has 4 rings (SSSR count). The van der Waals surface area contributed by atoms with E-state index in [0.717, 1.165) is 26.5 Å². The minimum atomic E-state index is -0.270. The first-order chi connectivity index (χ1) is 16.0. The maximum Gasteiger partial charge on any atom is 0.271 e. The van der Waals surface area contributed by atoms with Crippen molar-refractivity contribution in [3.05, 3.63) is 106 Å². The van der Waals surface area contributed by atoms with Crippen molar-refractivity contribution in [2.24, 2.45) is 5.10 Å². The Hall–Kier alpha value is -3.64. The molecule has 0 aliphatic heterocycles. The highest BCUT2D eigenvalue weighted by Gasteiger charge is 2.11. The highest BCUT2D eigenvalue weighted by atomic mass is 79.9. The predicted molar refractivity (Wildman–Crippen MR) is 135 cm³/mol. The summed E-state index contributed by atoms with van der Waals surface area (Å²) in [5.74, 6) is 0.913. The molecule has 1 N–H and O–H groups in total. The number of carbonyl (C=O) groups excluding carboxylic acids is 1. The van der Waals surface area contributed by atoms with Gasteiger partial charge in [0.1, 0.15) is 6.61 Å². The van der Waals surface area contributed by atoms with E-state index in [2.05, 4.69) is 50.7 Å². The number of halogens is 1. The Morgan fingerprint density at radius 3 is 2.61 bits per heavy atom. The molecule has 0 fully saturated rings. The lowest BCUT2D eigenvalue weighted by molar-refractivity contribution is 0.0955. The van der Waals surface area contributed by atoms with Crippen LogP contribution in [0.1, 0.15) is 27.0 Å². The van der Waals surface area contributed by atoms with E-state index in [4.69, 9.17) is 9.47 Å². The van der Waals surface area contributed by atoms with Crippen LogP contribution in [0.2, 0.25) is 0 Å². The number of methoxy groups -OCH3 is 1. The molecule has 0 bridgehead atoms. The summed E-state index contributed by atoms with van der Waals surface area (Å²) in [5, 5.41) is 6.42. The number of nitrogens with one attached hydrogen (secondary N) is 1. The highest BCUT2D eigenvalue weighted by Crippen LogP contribution is 2.34. The maximum absolute atomic E-state index is 12.3. The molecule has 0 aliphatic carbocycles. The van der Waals surface area contributed by atoms with Crippen LogP contribution in [0.5, 0.6) is 11.5 Å². The number of hydrogen-bond donors (Lipinski definition) is 1. The third-order valence-electron chi connectivity index (χ3n) is 5.20. The van der Waals surface area contributed by atoms with Gasteiger partial charge in [-0.3, -0.25) is 4.79 Å². The molecule has 33 heavy (non-hydrogen) atoms. The third-order valence-corrected chi connectivity index (χ3v) is 5.88. The Balaban J connectivity index is 1.48. The fourth-order valence-corrected chi connectivity index (χ4v) is 3.93. The number of hydrogen-bond acceptors (Lipinski definition) is 4. The van der Waals surface area contributed by atoms with E-state index in [0.29, 0.717) is 23.7 Å². The molecule has 0 aromatic heterocycles. The lowest BCUT2D eigenvalue weighted by Crippen LogP contribution is -2.17. The molecule has 5 nitrogen and oxygen atoms in total. The van der Waals surface area contributed by atoms with Gasteiger partial charge in [-0.2, -0.15) is 5.10 Å². The van der Waals surface area contributed by atoms with E-state index in [9.17, 15) is 4.79 Å². The molecule has 4 aromatic rings. The Labute approximate surface area is 201 Å². The van der Waals surface area contributed by atoms with Crippen LogP contribution in [0.15, 0.2) is 88.4 Å². The second-order valence-electron chi connectivity index (χ2n) is 7.52. The summed E-state index contributed by atoms with van der Waals surface area (Å²) in [6.45, 7) is 2.34. The monoisotopic (exact) mass is 502 g/mol. The molecule has 0 unspecified atom stereocenters. The lowest BCUT2D eigenvalue weighted by Gasteiger charge is -2.14. The number of amides is 1. The van der Waals surface area contributed by atoms with Crippen molar-refractivity contribution < 1.29 is 14.3 Å². The summed E-state index contributed by atoms with van der Waals surface area (Å²) in [6.07, 6.45) is 1.56. The van der Waals surface area contributed by atoms with Crippen LogP contribution < -0.4 is 14.9 Å². The van der Waals surface area contributed by atoms with Gasteiger partial charge in [-0.15, -0.1) is 0 Å². The van der Waals surface area contributed by atoms with Crippen molar-refractivity contribution in [3.63, 3.8) is 0 Å². The van der Waals surface area contributed by atoms with E-state index >= 15 is 0 Å². The summed E-state index contributed by atoms with van der Waals surface area (Å²) in [4.78, 5) is 12.3. The second-order valence-corrected chi connectivity index (χ2v) is 8.37. The smallest absolute Gasteiger partial charge is 0.271 e. The predicted octanol–water partition coefficient (Wildman–Crippen LogP) is 6.26. The molecule has 0 heterocycles. The van der Waals surface area contributed by atoms with Crippen LogP contribution in [-0.4, -0.2) is 19.2 Å². The molecular formula is C27H23BrN2O3. The van der Waals surface area contributed by atoms with E-state index < -0.39 is 0 Å². The first-order valence-electron chi connectivity index (χ1n) is 10.4. The highest BCUT2D eigenvalue weighted by molar-refractivity contribution is 9.10. The van der Waals surface area contributed by atoms with Crippen LogP contribution in [0, 0.1) is 6.92 Å². The van der Waals surface area contributed by atoms with Crippen LogP contribution in [0.4, 0.5) is 0 Å². The Morgan fingerprint density at radius 1 is 1.00 bits per heavy atom. The van der Waals surface area contributed by atoms with E-state index in [-0.39, 0.29) is 5.91 Å². The number of carbonyl (C=O) groups is 1. The second kappa shape index (κ2) is 10.3. The lowest BCUT2D eigenvalue weighted by atomic mass is 10.1. The number of nitrogens with zero attached hydrogens (tertiary/aromatic N) is 1. The fraction of sp³-hybridized carbons (Fsp3) is 0.111. The summed E-state index contributed by atoms with van der Waals surface area (Å²) in [6, 6.07) is 25.4. The third kappa shape index (κ3) is 5.41. The van der Waals surface area contributed by atoms with Gasteiger partial charge in [0.15, 0.2) is 11.5 Å². The molecule has 6 heteroatoms. The molecule has 1 amide bonds. The van der Waals surface area contributed by atoms with E-state index in [1.165, 1.54) is 5.39 Å². The molecule has 0 saturated heterocycles. The van der Waals surface area contributed by atoms with E-state index in [1.54, 1.807) is 19.4 Å². The number of ether oxygens (including phenoxy) is 2.